The average molecular weight is 211 g/mol. The molecular formula is C9H11N2O2S. The Morgan fingerprint density at radius 2 is 2.50 bits per heavy atom. The second kappa shape index (κ2) is 4.97. The summed E-state index contributed by atoms with van der Waals surface area (Å²) in [6, 6.07) is 3.42. The molecule has 0 aliphatic rings. The molecule has 0 bridgehead atoms. The molecule has 0 fully saturated rings. The summed E-state index contributed by atoms with van der Waals surface area (Å²) >= 11 is -1.10. The van der Waals surface area contributed by atoms with E-state index in [-0.39, 0.29) is 12.3 Å². The molecule has 14 heavy (non-hydrogen) atoms. The van der Waals surface area contributed by atoms with Crippen LogP contribution in [0.25, 0.3) is 0 Å². The maximum absolute atomic E-state index is 11.1. The van der Waals surface area contributed by atoms with Crippen molar-refractivity contribution in [2.24, 2.45) is 5.73 Å². The second-order valence-electron chi connectivity index (χ2n) is 2.76. The molecule has 1 aromatic heterocycles. The van der Waals surface area contributed by atoms with Crippen molar-refractivity contribution in [1.82, 2.24) is 4.98 Å². The third-order valence-corrected chi connectivity index (χ3v) is 2.40. The number of rotatable bonds is 4. The van der Waals surface area contributed by atoms with Crippen LogP contribution in [0.1, 0.15) is 12.0 Å². The Balaban J connectivity index is 2.68. The molecule has 1 rings (SSSR count). The molecule has 1 amide bonds. The molecule has 0 saturated heterocycles. The Hall–Kier alpha value is -1.07. The smallest absolute Gasteiger partial charge is 0.244 e. The third kappa shape index (κ3) is 3.35. The van der Waals surface area contributed by atoms with E-state index in [4.69, 9.17) is 5.73 Å². The van der Waals surface area contributed by atoms with Gasteiger partial charge in [-0.15, -0.1) is 0 Å². The summed E-state index contributed by atoms with van der Waals surface area (Å²) in [6.45, 7) is 0. The lowest BCUT2D eigenvalue weighted by Crippen LogP contribution is -2.10. The Kier molecular flexibility index (Phi) is 3.91. The van der Waals surface area contributed by atoms with Gasteiger partial charge in [-0.05, 0) is 11.6 Å². The highest BCUT2D eigenvalue weighted by molar-refractivity contribution is 7.90. The van der Waals surface area contributed by atoms with Crippen LogP contribution in [0.3, 0.4) is 0 Å². The first-order valence-electron chi connectivity index (χ1n) is 4.00. The van der Waals surface area contributed by atoms with Crippen LogP contribution in [0.2, 0.25) is 0 Å². The van der Waals surface area contributed by atoms with E-state index in [1.54, 1.807) is 31.0 Å². The Morgan fingerprint density at radius 3 is 3.07 bits per heavy atom. The van der Waals surface area contributed by atoms with E-state index in [0.29, 0.717) is 5.03 Å². The van der Waals surface area contributed by atoms with Gasteiger partial charge in [0.15, 0.2) is 0 Å². The number of nitrogens with two attached hydrogens (primary N) is 1. The van der Waals surface area contributed by atoms with Crippen molar-refractivity contribution in [1.29, 1.82) is 0 Å². The lowest BCUT2D eigenvalue weighted by atomic mass is 10.1. The zero-order valence-electron chi connectivity index (χ0n) is 7.77. The maximum atomic E-state index is 11.1. The SMILES string of the molecule is C[S@@+]([O-])c1cc([CH]CC(N)=O)ccn1. The fraction of sp³-hybridized carbons (Fsp3) is 0.222. The summed E-state index contributed by atoms with van der Waals surface area (Å²) < 4.78 is 11.1. The van der Waals surface area contributed by atoms with E-state index in [1.165, 1.54) is 0 Å². The van der Waals surface area contributed by atoms with Gasteiger partial charge < -0.3 is 10.3 Å². The molecule has 1 radical (unpaired) electrons. The van der Waals surface area contributed by atoms with Gasteiger partial charge in [-0.3, -0.25) is 4.79 Å². The summed E-state index contributed by atoms with van der Waals surface area (Å²) in [6.07, 6.45) is 4.98. The van der Waals surface area contributed by atoms with Crippen molar-refractivity contribution >= 4 is 17.1 Å². The minimum absolute atomic E-state index is 0.180. The lowest BCUT2D eigenvalue weighted by molar-refractivity contribution is -0.117. The summed E-state index contributed by atoms with van der Waals surface area (Å²) in [5.41, 5.74) is 5.80. The van der Waals surface area contributed by atoms with Gasteiger partial charge in [0.2, 0.25) is 10.9 Å². The molecule has 0 spiro atoms. The summed E-state index contributed by atoms with van der Waals surface area (Å²) in [5, 5.41) is 0.503. The van der Waals surface area contributed by atoms with Gasteiger partial charge in [0.25, 0.3) is 0 Å². The van der Waals surface area contributed by atoms with Crippen molar-refractivity contribution in [2.75, 3.05) is 6.26 Å². The van der Waals surface area contributed by atoms with Crippen molar-refractivity contribution in [3.63, 3.8) is 0 Å². The largest absolute Gasteiger partial charge is 0.610 e. The number of nitrogens with zero attached hydrogens (tertiary/aromatic N) is 1. The Bertz CT molecular complexity index is 328. The van der Waals surface area contributed by atoms with Crippen LogP contribution in [-0.2, 0) is 16.0 Å². The number of carbonyl (C=O) groups is 1. The van der Waals surface area contributed by atoms with Crippen molar-refractivity contribution < 1.29 is 9.35 Å². The molecular weight excluding hydrogens is 200 g/mol. The van der Waals surface area contributed by atoms with E-state index in [9.17, 15) is 9.35 Å². The fourth-order valence-electron chi connectivity index (χ4n) is 0.927. The average Bonchev–Trinajstić information content (AvgIpc) is 2.15. The third-order valence-electron chi connectivity index (χ3n) is 1.59. The van der Waals surface area contributed by atoms with Crippen molar-refractivity contribution in [2.45, 2.75) is 11.4 Å². The molecule has 4 nitrogen and oxygen atoms in total. The van der Waals surface area contributed by atoms with Crippen LogP contribution in [0.4, 0.5) is 0 Å². The number of aromatic nitrogens is 1. The van der Waals surface area contributed by atoms with Crippen LogP contribution < -0.4 is 5.73 Å². The molecule has 2 N–H and O–H groups in total. The fourth-order valence-corrected chi connectivity index (χ4v) is 1.44. The highest BCUT2D eigenvalue weighted by Crippen LogP contribution is 2.10. The molecule has 0 aromatic carbocycles. The predicted molar refractivity (Wildman–Crippen MR) is 53.8 cm³/mol. The highest BCUT2D eigenvalue weighted by Gasteiger charge is 2.07. The van der Waals surface area contributed by atoms with Gasteiger partial charge in [-0.1, -0.05) is 0 Å². The molecule has 5 heteroatoms. The first-order valence-corrected chi connectivity index (χ1v) is 5.56. The zero-order chi connectivity index (χ0) is 10.6. The van der Waals surface area contributed by atoms with Gasteiger partial charge in [-0.25, -0.2) is 4.98 Å². The topological polar surface area (TPSA) is 79.0 Å². The molecule has 0 saturated carbocycles. The second-order valence-corrected chi connectivity index (χ2v) is 4.08. The molecule has 0 aliphatic carbocycles. The van der Waals surface area contributed by atoms with Gasteiger partial charge in [0.1, 0.15) is 6.26 Å². The maximum Gasteiger partial charge on any atom is 0.244 e. The molecule has 1 heterocycles. The van der Waals surface area contributed by atoms with E-state index < -0.39 is 11.2 Å². The molecule has 1 aromatic rings. The molecule has 0 unspecified atom stereocenters. The number of hydrogen-bond acceptors (Lipinski definition) is 3. The standard InChI is InChI=1S/C9H11N2O2S/c1-14(13)9-6-7(4-5-11-9)2-3-8(10)12/h2,4-6H,3H2,1H3,(H2,10,12)/t14-/m1/s1. The van der Waals surface area contributed by atoms with Crippen LogP contribution in [0, 0.1) is 6.42 Å². The van der Waals surface area contributed by atoms with Crippen LogP contribution in [0.15, 0.2) is 23.4 Å². The summed E-state index contributed by atoms with van der Waals surface area (Å²) in [4.78, 5) is 14.4. The first kappa shape index (κ1) is 11.0. The molecule has 75 valence electrons. The van der Waals surface area contributed by atoms with E-state index in [0.717, 1.165) is 5.56 Å². The van der Waals surface area contributed by atoms with Gasteiger partial charge >= 0.3 is 0 Å². The normalized spacial score (nSPS) is 12.4. The van der Waals surface area contributed by atoms with Gasteiger partial charge in [0, 0.05) is 36.3 Å². The number of primary amides is 1. The molecule has 1 atom stereocenters. The lowest BCUT2D eigenvalue weighted by Gasteiger charge is -2.04. The van der Waals surface area contributed by atoms with Crippen molar-refractivity contribution in [3.05, 3.63) is 30.3 Å². The summed E-state index contributed by atoms with van der Waals surface area (Å²) in [5.74, 6) is -0.388. The van der Waals surface area contributed by atoms with E-state index in [2.05, 4.69) is 4.98 Å². The Morgan fingerprint density at radius 1 is 1.79 bits per heavy atom. The van der Waals surface area contributed by atoms with E-state index >= 15 is 0 Å². The highest BCUT2D eigenvalue weighted by atomic mass is 32.2. The number of carbonyl (C=O) groups excluding carboxylic acids is 1. The zero-order valence-corrected chi connectivity index (χ0v) is 8.58. The number of pyridine rings is 1. The van der Waals surface area contributed by atoms with Crippen LogP contribution in [-0.4, -0.2) is 21.7 Å². The number of amides is 1. The van der Waals surface area contributed by atoms with Crippen molar-refractivity contribution in [3.8, 4) is 0 Å². The minimum Gasteiger partial charge on any atom is -0.610 e. The quantitative estimate of drug-likeness (QED) is 0.725. The van der Waals surface area contributed by atoms with Crippen LogP contribution >= 0.6 is 0 Å². The Labute approximate surface area is 85.7 Å². The van der Waals surface area contributed by atoms with Gasteiger partial charge in [0.05, 0.1) is 0 Å². The minimum atomic E-state index is -1.10. The van der Waals surface area contributed by atoms with Crippen LogP contribution in [0.5, 0.6) is 0 Å². The van der Waals surface area contributed by atoms with Gasteiger partial charge in [-0.2, -0.15) is 0 Å². The first-order chi connectivity index (χ1) is 6.59. The summed E-state index contributed by atoms with van der Waals surface area (Å²) in [7, 11) is 0. The molecule has 0 aliphatic heterocycles. The monoisotopic (exact) mass is 211 g/mol. The number of hydrogen-bond donors (Lipinski definition) is 1. The van der Waals surface area contributed by atoms with E-state index in [1.807, 2.05) is 0 Å². The predicted octanol–water partition coefficient (Wildman–Crippen LogP) is 0.247.